The third-order valence-electron chi connectivity index (χ3n) is 2.64. The Morgan fingerprint density at radius 2 is 2.25 bits per heavy atom. The van der Waals surface area contributed by atoms with Crippen LogP contribution in [0.3, 0.4) is 0 Å². The molecule has 16 heavy (non-hydrogen) atoms. The van der Waals surface area contributed by atoms with Gasteiger partial charge in [-0.15, -0.1) is 0 Å². The molecule has 0 spiro atoms. The van der Waals surface area contributed by atoms with Gasteiger partial charge in [-0.05, 0) is 19.1 Å². The normalized spacial score (nSPS) is 10.9. The zero-order valence-electron chi connectivity index (χ0n) is 9.40. The van der Waals surface area contributed by atoms with Crippen molar-refractivity contribution in [1.82, 2.24) is 9.38 Å². The van der Waals surface area contributed by atoms with Gasteiger partial charge < -0.3 is 5.11 Å². The van der Waals surface area contributed by atoms with E-state index >= 15 is 0 Å². The Morgan fingerprint density at radius 3 is 2.88 bits per heavy atom. The molecule has 0 radical (unpaired) electrons. The van der Waals surface area contributed by atoms with Crippen LogP contribution in [-0.4, -0.2) is 20.5 Å². The Bertz CT molecular complexity index is 543. The predicted octanol–water partition coefficient (Wildman–Crippen LogP) is 1.83. The lowest BCUT2D eigenvalue weighted by Crippen LogP contribution is -2.07. The standard InChI is InChI=1S/C12H14N2O2/c1-3-11-13-8(2)10-6-4-5-9(14(10)11)7-12(15)16/h4-6H,3,7H2,1-2H3,(H,15,16). The van der Waals surface area contributed by atoms with Gasteiger partial charge in [0.1, 0.15) is 5.82 Å². The molecule has 0 saturated carbocycles. The van der Waals surface area contributed by atoms with Crippen molar-refractivity contribution in [2.24, 2.45) is 0 Å². The molecule has 2 aromatic heterocycles. The van der Waals surface area contributed by atoms with Crippen LogP contribution < -0.4 is 0 Å². The number of carbonyl (C=O) groups is 1. The van der Waals surface area contributed by atoms with Crippen molar-refractivity contribution in [1.29, 1.82) is 0 Å². The Balaban J connectivity index is 2.69. The summed E-state index contributed by atoms with van der Waals surface area (Å²) in [6, 6.07) is 5.68. The summed E-state index contributed by atoms with van der Waals surface area (Å²) in [5, 5.41) is 8.86. The average molecular weight is 218 g/mol. The number of rotatable bonds is 3. The first kappa shape index (κ1) is 10.7. The Labute approximate surface area is 93.5 Å². The molecule has 4 nitrogen and oxygen atoms in total. The maximum absolute atomic E-state index is 10.8. The molecule has 0 aliphatic rings. The van der Waals surface area contributed by atoms with Gasteiger partial charge in [-0.1, -0.05) is 13.0 Å². The number of pyridine rings is 1. The quantitative estimate of drug-likeness (QED) is 0.855. The van der Waals surface area contributed by atoms with E-state index in [1.165, 1.54) is 0 Å². The summed E-state index contributed by atoms with van der Waals surface area (Å²) in [4.78, 5) is 15.2. The fourth-order valence-corrected chi connectivity index (χ4v) is 1.97. The van der Waals surface area contributed by atoms with Crippen LogP contribution in [0.15, 0.2) is 18.2 Å². The number of carboxylic acid groups (broad SMARTS) is 1. The van der Waals surface area contributed by atoms with Gasteiger partial charge in [0.15, 0.2) is 0 Å². The van der Waals surface area contributed by atoms with Gasteiger partial charge in [-0.3, -0.25) is 9.20 Å². The van der Waals surface area contributed by atoms with E-state index < -0.39 is 5.97 Å². The van der Waals surface area contributed by atoms with Gasteiger partial charge in [0.05, 0.1) is 17.6 Å². The molecule has 0 atom stereocenters. The maximum atomic E-state index is 10.8. The number of aryl methyl sites for hydroxylation is 2. The van der Waals surface area contributed by atoms with Crippen molar-refractivity contribution in [3.8, 4) is 0 Å². The lowest BCUT2D eigenvalue weighted by molar-refractivity contribution is -0.136. The van der Waals surface area contributed by atoms with Crippen molar-refractivity contribution < 1.29 is 9.90 Å². The van der Waals surface area contributed by atoms with E-state index in [1.54, 1.807) is 0 Å². The maximum Gasteiger partial charge on any atom is 0.309 e. The fraction of sp³-hybridized carbons (Fsp3) is 0.333. The van der Waals surface area contributed by atoms with Crippen molar-refractivity contribution in [3.63, 3.8) is 0 Å². The summed E-state index contributed by atoms with van der Waals surface area (Å²) >= 11 is 0. The zero-order valence-corrected chi connectivity index (χ0v) is 9.40. The third kappa shape index (κ3) is 1.66. The molecule has 0 bridgehead atoms. The highest BCUT2D eigenvalue weighted by atomic mass is 16.4. The molecular formula is C12H14N2O2. The molecule has 2 aromatic rings. The number of hydrogen-bond donors (Lipinski definition) is 1. The monoisotopic (exact) mass is 218 g/mol. The lowest BCUT2D eigenvalue weighted by atomic mass is 10.2. The van der Waals surface area contributed by atoms with Crippen molar-refractivity contribution >= 4 is 11.5 Å². The van der Waals surface area contributed by atoms with E-state index in [9.17, 15) is 4.79 Å². The second-order valence-corrected chi connectivity index (χ2v) is 3.78. The number of aromatic nitrogens is 2. The Morgan fingerprint density at radius 1 is 1.50 bits per heavy atom. The molecule has 4 heteroatoms. The molecular weight excluding hydrogens is 204 g/mol. The zero-order chi connectivity index (χ0) is 11.7. The van der Waals surface area contributed by atoms with Crippen LogP contribution in [0.2, 0.25) is 0 Å². The van der Waals surface area contributed by atoms with E-state index in [2.05, 4.69) is 4.98 Å². The largest absolute Gasteiger partial charge is 0.481 e. The van der Waals surface area contributed by atoms with E-state index in [0.29, 0.717) is 0 Å². The number of aliphatic carboxylic acids is 1. The van der Waals surface area contributed by atoms with Crippen molar-refractivity contribution in [2.75, 3.05) is 0 Å². The third-order valence-corrected chi connectivity index (χ3v) is 2.64. The van der Waals surface area contributed by atoms with Crippen LogP contribution in [0.25, 0.3) is 5.52 Å². The number of imidazole rings is 1. The van der Waals surface area contributed by atoms with Crippen LogP contribution in [0.5, 0.6) is 0 Å². The second kappa shape index (κ2) is 3.96. The smallest absolute Gasteiger partial charge is 0.309 e. The molecule has 0 fully saturated rings. The summed E-state index contributed by atoms with van der Waals surface area (Å²) in [6.07, 6.45) is 0.825. The molecule has 0 aliphatic carbocycles. The summed E-state index contributed by atoms with van der Waals surface area (Å²) in [6.45, 7) is 3.96. The molecule has 0 unspecified atom stereocenters. The van der Waals surface area contributed by atoms with E-state index in [1.807, 2.05) is 36.4 Å². The van der Waals surface area contributed by atoms with Gasteiger partial charge in [-0.2, -0.15) is 0 Å². The summed E-state index contributed by atoms with van der Waals surface area (Å²) < 4.78 is 1.95. The molecule has 1 N–H and O–H groups in total. The SMILES string of the molecule is CCc1nc(C)c2cccc(CC(=O)O)n12. The summed E-state index contributed by atoms with van der Waals surface area (Å²) in [5.74, 6) is 0.102. The Kier molecular flexibility index (Phi) is 2.64. The van der Waals surface area contributed by atoms with Gasteiger partial charge in [0, 0.05) is 12.1 Å². The average Bonchev–Trinajstić information content (AvgIpc) is 2.56. The highest BCUT2D eigenvalue weighted by molar-refractivity contribution is 5.70. The van der Waals surface area contributed by atoms with Gasteiger partial charge in [0.2, 0.25) is 0 Å². The van der Waals surface area contributed by atoms with Crippen LogP contribution in [0, 0.1) is 6.92 Å². The first-order valence-electron chi connectivity index (χ1n) is 5.31. The number of fused-ring (bicyclic) bond motifs is 1. The molecule has 0 saturated heterocycles. The van der Waals surface area contributed by atoms with Gasteiger partial charge in [-0.25, -0.2) is 4.98 Å². The number of carboxylic acids is 1. The van der Waals surface area contributed by atoms with Gasteiger partial charge in [0.25, 0.3) is 0 Å². The molecule has 0 aromatic carbocycles. The lowest BCUT2D eigenvalue weighted by Gasteiger charge is -2.05. The van der Waals surface area contributed by atoms with E-state index in [4.69, 9.17) is 5.11 Å². The molecule has 84 valence electrons. The first-order valence-corrected chi connectivity index (χ1v) is 5.31. The van der Waals surface area contributed by atoms with Crippen LogP contribution >= 0.6 is 0 Å². The van der Waals surface area contributed by atoms with E-state index in [-0.39, 0.29) is 6.42 Å². The van der Waals surface area contributed by atoms with Crippen LogP contribution in [0.4, 0.5) is 0 Å². The van der Waals surface area contributed by atoms with E-state index in [0.717, 1.165) is 29.1 Å². The minimum absolute atomic E-state index is 0.0279. The predicted molar refractivity (Wildman–Crippen MR) is 60.6 cm³/mol. The molecule has 0 aliphatic heterocycles. The highest BCUT2D eigenvalue weighted by Gasteiger charge is 2.11. The highest BCUT2D eigenvalue weighted by Crippen LogP contribution is 2.16. The second-order valence-electron chi connectivity index (χ2n) is 3.78. The van der Waals surface area contributed by atoms with Crippen molar-refractivity contribution in [2.45, 2.75) is 26.7 Å². The number of hydrogen-bond acceptors (Lipinski definition) is 2. The minimum Gasteiger partial charge on any atom is -0.481 e. The summed E-state index contributed by atoms with van der Waals surface area (Å²) in [5.41, 5.74) is 2.72. The van der Waals surface area contributed by atoms with Crippen LogP contribution in [-0.2, 0) is 17.6 Å². The van der Waals surface area contributed by atoms with Crippen molar-refractivity contribution in [3.05, 3.63) is 35.4 Å². The Hall–Kier alpha value is -1.84. The minimum atomic E-state index is -0.819. The molecule has 2 heterocycles. The van der Waals surface area contributed by atoms with Crippen LogP contribution in [0.1, 0.15) is 24.1 Å². The number of nitrogens with zero attached hydrogens (tertiary/aromatic N) is 2. The molecule has 0 amide bonds. The van der Waals surface area contributed by atoms with Gasteiger partial charge >= 0.3 is 5.97 Å². The summed E-state index contributed by atoms with van der Waals surface area (Å²) in [7, 11) is 0. The topological polar surface area (TPSA) is 54.6 Å². The fourth-order valence-electron chi connectivity index (χ4n) is 1.97. The first-order chi connectivity index (χ1) is 7.63. The molecule has 2 rings (SSSR count).